The minimum Gasteiger partial charge on any atom is -0.456 e. The molecule has 0 fully saturated rings. The van der Waals surface area contributed by atoms with Crippen LogP contribution in [0.25, 0.3) is 0 Å². The number of rotatable bonds is 4. The van der Waals surface area contributed by atoms with Crippen LogP contribution in [0.4, 0.5) is 32.0 Å². The van der Waals surface area contributed by atoms with Crippen molar-refractivity contribution in [1.82, 2.24) is 0 Å². The van der Waals surface area contributed by atoms with Crippen molar-refractivity contribution in [2.75, 3.05) is 5.32 Å². The van der Waals surface area contributed by atoms with Gasteiger partial charge in [-0.25, -0.2) is 0 Å². The molecule has 0 unspecified atom stereocenters. The van der Waals surface area contributed by atoms with Gasteiger partial charge in [-0.15, -0.1) is 0 Å². The van der Waals surface area contributed by atoms with Crippen LogP contribution in [0.2, 0.25) is 5.02 Å². The summed E-state index contributed by atoms with van der Waals surface area (Å²) in [7, 11) is 0. The van der Waals surface area contributed by atoms with Crippen LogP contribution in [0.15, 0.2) is 36.4 Å². The van der Waals surface area contributed by atoms with Gasteiger partial charge in [0.05, 0.1) is 21.8 Å². The third kappa shape index (κ3) is 5.06. The van der Waals surface area contributed by atoms with E-state index in [1.165, 1.54) is 5.32 Å². The molecule has 0 aromatic heterocycles. The van der Waals surface area contributed by atoms with Gasteiger partial charge < -0.3 is 15.8 Å². The first-order valence-corrected chi connectivity index (χ1v) is 7.53. The van der Waals surface area contributed by atoms with Crippen LogP contribution in [0.1, 0.15) is 15.9 Å². The summed E-state index contributed by atoms with van der Waals surface area (Å²) >= 11 is 5.74. The quantitative estimate of drug-likeness (QED) is 0.692. The molecule has 2 rings (SSSR count). The Kier molecular flexibility index (Phi) is 5.78. The lowest BCUT2D eigenvalue weighted by molar-refractivity contribution is -0.167. The molecule has 150 valence electrons. The van der Waals surface area contributed by atoms with Gasteiger partial charge in [0.15, 0.2) is 0 Å². The Morgan fingerprint density at radius 2 is 1.64 bits per heavy atom. The van der Waals surface area contributed by atoms with Gasteiger partial charge in [-0.1, -0.05) is 11.6 Å². The predicted molar refractivity (Wildman–Crippen MR) is 86.2 cm³/mol. The van der Waals surface area contributed by atoms with E-state index >= 15 is 0 Å². The lowest BCUT2D eigenvalue weighted by Crippen LogP contribution is -2.31. The molecule has 28 heavy (non-hydrogen) atoms. The third-order valence-electron chi connectivity index (χ3n) is 3.25. The lowest BCUT2D eigenvalue weighted by Gasteiger charge is -2.14. The maximum absolute atomic E-state index is 12.6. The maximum Gasteiger partial charge on any atom is 0.471 e. The van der Waals surface area contributed by atoms with Crippen LogP contribution in [0, 0.1) is 0 Å². The lowest BCUT2D eigenvalue weighted by atomic mass is 10.1. The highest BCUT2D eigenvalue weighted by atomic mass is 35.5. The van der Waals surface area contributed by atoms with E-state index < -0.39 is 46.0 Å². The fourth-order valence-electron chi connectivity index (χ4n) is 1.98. The largest absolute Gasteiger partial charge is 0.471 e. The highest BCUT2D eigenvalue weighted by molar-refractivity contribution is 6.32. The van der Waals surface area contributed by atoms with E-state index in [-0.39, 0.29) is 11.5 Å². The highest BCUT2D eigenvalue weighted by Crippen LogP contribution is 2.37. The number of carbonyl (C=O) groups is 2. The molecular formula is C16H9ClF6N2O3. The Hall–Kier alpha value is -2.95. The summed E-state index contributed by atoms with van der Waals surface area (Å²) in [5, 5.41) is 1.09. The summed E-state index contributed by atoms with van der Waals surface area (Å²) in [6.07, 6.45) is -9.82. The number of anilines is 1. The van der Waals surface area contributed by atoms with Gasteiger partial charge in [0, 0.05) is 0 Å². The van der Waals surface area contributed by atoms with Gasteiger partial charge in [-0.3, -0.25) is 9.59 Å². The van der Waals surface area contributed by atoms with Gasteiger partial charge >= 0.3 is 18.3 Å². The zero-order valence-electron chi connectivity index (χ0n) is 13.4. The topological polar surface area (TPSA) is 81.4 Å². The predicted octanol–water partition coefficient (Wildman–Crippen LogP) is 4.75. The van der Waals surface area contributed by atoms with Crippen LogP contribution < -0.4 is 15.8 Å². The summed E-state index contributed by atoms with van der Waals surface area (Å²) in [5.74, 6) is -3.88. The van der Waals surface area contributed by atoms with E-state index in [0.717, 1.165) is 24.3 Å². The number of halogens is 7. The normalized spacial score (nSPS) is 11.8. The number of nitrogens with two attached hydrogens (primary N) is 1. The molecule has 3 N–H and O–H groups in total. The van der Waals surface area contributed by atoms with Crippen molar-refractivity contribution < 1.29 is 40.7 Å². The molecular weight excluding hydrogens is 418 g/mol. The zero-order chi connectivity index (χ0) is 21.3. The summed E-state index contributed by atoms with van der Waals surface area (Å²) in [6, 6.07) is 5.12. The monoisotopic (exact) mass is 426 g/mol. The Morgan fingerprint density at radius 3 is 2.14 bits per heavy atom. The van der Waals surface area contributed by atoms with Gasteiger partial charge in [-0.2, -0.15) is 26.3 Å². The molecule has 0 bridgehead atoms. The van der Waals surface area contributed by atoms with E-state index in [1.54, 1.807) is 0 Å². The molecule has 0 aliphatic heterocycles. The fraction of sp³-hybridized carbons (Fsp3) is 0.125. The molecule has 2 aromatic rings. The molecule has 0 aliphatic carbocycles. The first kappa shape index (κ1) is 21.4. The molecule has 0 aliphatic rings. The Bertz CT molecular complexity index is 928. The second-order valence-corrected chi connectivity index (χ2v) is 5.68. The van der Waals surface area contributed by atoms with Gasteiger partial charge in [0.1, 0.15) is 11.5 Å². The number of primary amides is 1. The summed E-state index contributed by atoms with van der Waals surface area (Å²) in [6.45, 7) is 0. The van der Waals surface area contributed by atoms with E-state index in [0.29, 0.717) is 12.1 Å². The van der Waals surface area contributed by atoms with Crippen LogP contribution >= 0.6 is 11.6 Å². The molecule has 2 amide bonds. The van der Waals surface area contributed by atoms with E-state index in [9.17, 15) is 35.9 Å². The fourth-order valence-corrected chi connectivity index (χ4v) is 2.20. The molecule has 12 heteroatoms. The molecule has 2 aromatic carbocycles. The van der Waals surface area contributed by atoms with E-state index in [4.69, 9.17) is 22.1 Å². The second kappa shape index (κ2) is 7.58. The molecule has 0 radical (unpaired) electrons. The number of benzene rings is 2. The van der Waals surface area contributed by atoms with Crippen molar-refractivity contribution in [3.63, 3.8) is 0 Å². The number of nitrogens with one attached hydrogen (secondary N) is 1. The first-order chi connectivity index (χ1) is 12.8. The number of hydrogen-bond acceptors (Lipinski definition) is 3. The van der Waals surface area contributed by atoms with Crippen LogP contribution in [-0.4, -0.2) is 18.0 Å². The standard InChI is InChI=1S/C16H9ClF6N2O3/c17-10-5-7(15(18,19)20)1-4-12(10)28-8-2-3-11(9(6-8)13(24)26)25-14(27)16(21,22)23/h1-6H,(H2,24,26)(H,25,27). The molecule has 5 nitrogen and oxygen atoms in total. The van der Waals surface area contributed by atoms with Gasteiger partial charge in [-0.05, 0) is 36.4 Å². The molecule has 0 saturated carbocycles. The molecule has 0 heterocycles. The molecule has 0 atom stereocenters. The maximum atomic E-state index is 12.6. The molecule has 0 saturated heterocycles. The average Bonchev–Trinajstić information content (AvgIpc) is 2.55. The molecule has 0 spiro atoms. The first-order valence-electron chi connectivity index (χ1n) is 7.15. The summed E-state index contributed by atoms with van der Waals surface area (Å²) < 4.78 is 80.2. The number of alkyl halides is 6. The smallest absolute Gasteiger partial charge is 0.456 e. The number of carbonyl (C=O) groups excluding carboxylic acids is 2. The average molecular weight is 427 g/mol. The SMILES string of the molecule is NC(=O)c1cc(Oc2ccc(C(F)(F)F)cc2Cl)ccc1NC(=O)C(F)(F)F. The second-order valence-electron chi connectivity index (χ2n) is 5.27. The third-order valence-corrected chi connectivity index (χ3v) is 3.54. The van der Waals surface area contributed by atoms with Gasteiger partial charge in [0.2, 0.25) is 0 Å². The van der Waals surface area contributed by atoms with Crippen LogP contribution in [-0.2, 0) is 11.0 Å². The Morgan fingerprint density at radius 1 is 1.00 bits per heavy atom. The van der Waals surface area contributed by atoms with E-state index in [1.807, 2.05) is 0 Å². The van der Waals surface area contributed by atoms with Crippen molar-refractivity contribution in [3.8, 4) is 11.5 Å². The Labute approximate surface area is 158 Å². The minimum atomic E-state index is -5.20. The number of amides is 2. The van der Waals surface area contributed by atoms with Crippen molar-refractivity contribution >= 4 is 29.1 Å². The van der Waals surface area contributed by atoms with Crippen molar-refractivity contribution in [1.29, 1.82) is 0 Å². The Balaban J connectivity index is 2.32. The number of hydrogen-bond donors (Lipinski definition) is 2. The van der Waals surface area contributed by atoms with E-state index in [2.05, 4.69) is 0 Å². The van der Waals surface area contributed by atoms with Crippen molar-refractivity contribution in [2.24, 2.45) is 5.73 Å². The zero-order valence-corrected chi connectivity index (χ0v) is 14.2. The summed E-state index contributed by atoms with van der Waals surface area (Å²) in [5.41, 5.74) is 3.02. The van der Waals surface area contributed by atoms with Crippen molar-refractivity contribution in [2.45, 2.75) is 12.4 Å². The van der Waals surface area contributed by atoms with Crippen LogP contribution in [0.3, 0.4) is 0 Å². The number of ether oxygens (including phenoxy) is 1. The van der Waals surface area contributed by atoms with Gasteiger partial charge in [0.25, 0.3) is 5.91 Å². The summed E-state index contributed by atoms with van der Waals surface area (Å²) in [4.78, 5) is 22.5. The van der Waals surface area contributed by atoms with Crippen molar-refractivity contribution in [3.05, 3.63) is 52.5 Å². The van der Waals surface area contributed by atoms with Crippen LogP contribution in [0.5, 0.6) is 11.5 Å². The highest BCUT2D eigenvalue weighted by Gasteiger charge is 2.39. The minimum absolute atomic E-state index is 0.166.